The Morgan fingerprint density at radius 3 is 0.925 bits per heavy atom. The van der Waals surface area contributed by atoms with Crippen molar-refractivity contribution in [1.29, 1.82) is 0 Å². The molecule has 0 aliphatic heterocycles. The normalized spacial score (nSPS) is 10.7. The third kappa shape index (κ3) is 34.5. The van der Waals surface area contributed by atoms with E-state index in [1.165, 1.54) is 59.7 Å². The van der Waals surface area contributed by atoms with Gasteiger partial charge in [-0.05, 0) is 266 Å². The number of nitrogens with zero attached hydrogens (tertiary/aromatic N) is 3. The van der Waals surface area contributed by atoms with Gasteiger partial charge in [0.15, 0.2) is 0 Å². The summed E-state index contributed by atoms with van der Waals surface area (Å²) in [6.07, 6.45) is 9.81. The number of rotatable bonds is 29. The second kappa shape index (κ2) is 57.8. The van der Waals surface area contributed by atoms with Crippen LogP contribution in [0.15, 0.2) is 426 Å². The third-order valence-corrected chi connectivity index (χ3v) is 27.5. The van der Waals surface area contributed by atoms with Gasteiger partial charge in [0.05, 0.1) is 39.2 Å². The molecule has 0 spiro atoms. The van der Waals surface area contributed by atoms with Crippen molar-refractivity contribution >= 4 is 216 Å². The van der Waals surface area contributed by atoms with E-state index >= 15 is 0 Å². The molecule has 0 bridgehead atoms. The van der Waals surface area contributed by atoms with Gasteiger partial charge in [-0.2, -0.15) is 0 Å². The molecule has 0 aliphatic rings. The SMILES string of the molecule is BrCc1ccc(Br)cc1.Brc1ccc(/C=C/c2ccc(N(c3ccccc3)c3ccccc3)cc2)cc1.C(=C\c1ccc(N(c2ccccc2)c2ccccc2)cc1)/c1ccc(-c2cc3ccccc3s2)cc1.CCOP(=O)(Cc1ccc(Br)cc1)OCC.CCOP(OCC)OCC.O=Cc1ccc(N(c2ccccc2)c2ccccc2)cc1.OB(O)c1cc2ccccc2s1.[H-].[Na+]. The zero-order valence-electron chi connectivity index (χ0n) is 76.0. The molecule has 0 aliphatic carbocycles. The monoisotopic (exact) mass is 2100 g/mol. The van der Waals surface area contributed by atoms with Crippen LogP contribution in [0, 0.1) is 0 Å². The molecule has 17 rings (SSSR count). The number of halogens is 4. The Labute approximate surface area is 850 Å². The molecule has 12 nitrogen and oxygen atoms in total. The Morgan fingerprint density at radius 2 is 0.624 bits per heavy atom. The molecule has 2 N–H and O–H groups in total. The Morgan fingerprint density at radius 1 is 0.346 bits per heavy atom. The molecule has 0 saturated heterocycles. The molecule has 133 heavy (non-hydrogen) atoms. The quantitative estimate of drug-likeness (QED) is 0.0152. The molecule has 0 amide bonds. The van der Waals surface area contributed by atoms with Crippen LogP contribution in [-0.4, -0.2) is 56.5 Å². The second-order valence-electron chi connectivity index (χ2n) is 28.9. The molecule has 0 atom stereocenters. The van der Waals surface area contributed by atoms with Crippen molar-refractivity contribution < 1.29 is 73.0 Å². The van der Waals surface area contributed by atoms with Gasteiger partial charge < -0.3 is 48.8 Å². The van der Waals surface area contributed by atoms with Crippen LogP contribution in [0.25, 0.3) is 54.9 Å². The predicted molar refractivity (Wildman–Crippen MR) is 578 cm³/mol. The first-order chi connectivity index (χ1) is 64.5. The zero-order valence-corrected chi connectivity index (χ0v) is 86.8. The number of aldehydes is 1. The van der Waals surface area contributed by atoms with E-state index in [4.69, 9.17) is 32.7 Å². The van der Waals surface area contributed by atoms with Crippen LogP contribution in [0.3, 0.4) is 0 Å². The van der Waals surface area contributed by atoms with Gasteiger partial charge in [0.1, 0.15) is 6.29 Å². The van der Waals surface area contributed by atoms with Crippen LogP contribution in [0.5, 0.6) is 0 Å². The number of hydrogen-bond donors (Lipinski definition) is 2. The summed E-state index contributed by atoms with van der Waals surface area (Å²) in [5, 5.41) is 21.1. The third-order valence-electron chi connectivity index (χ3n) is 19.5. The minimum Gasteiger partial charge on any atom is -1.00 e. The molecule has 2 heterocycles. The smallest absolute Gasteiger partial charge is 1.00 e. The number of carbonyl (C=O) groups excluding carboxylic acids is 1. The number of thiophene rings is 2. The molecule has 0 radical (unpaired) electrons. The van der Waals surface area contributed by atoms with Crippen molar-refractivity contribution in [3.8, 4) is 10.4 Å². The van der Waals surface area contributed by atoms with Crippen LogP contribution in [0.4, 0.5) is 51.2 Å². The molecule has 0 saturated carbocycles. The molecule has 0 fully saturated rings. The van der Waals surface area contributed by atoms with Crippen LogP contribution in [-0.2, 0) is 38.7 Å². The fourth-order valence-corrected chi connectivity index (χ4v) is 19.0. The van der Waals surface area contributed by atoms with Crippen LogP contribution in [0.2, 0.25) is 0 Å². The van der Waals surface area contributed by atoms with E-state index < -0.39 is 23.3 Å². The number of para-hydroxylation sites is 6. The number of benzene rings is 15. The van der Waals surface area contributed by atoms with E-state index in [2.05, 4.69) is 376 Å². The van der Waals surface area contributed by atoms with Crippen molar-refractivity contribution in [2.24, 2.45) is 0 Å². The molecule has 22 heteroatoms. The van der Waals surface area contributed by atoms with Gasteiger partial charge in [0.2, 0.25) is 0 Å². The van der Waals surface area contributed by atoms with Gasteiger partial charge in [-0.15, -0.1) is 22.7 Å². The number of anilines is 9. The maximum Gasteiger partial charge on any atom is 1.00 e. The maximum absolute atomic E-state index is 12.2. The number of carbonyl (C=O) groups is 1. The number of hydrogen-bond acceptors (Lipinski definition) is 14. The van der Waals surface area contributed by atoms with Crippen molar-refractivity contribution in [3.05, 3.63) is 465 Å². The second-order valence-corrected chi connectivity index (χ2v) is 37.7. The Bertz CT molecular complexity index is 6100. The van der Waals surface area contributed by atoms with E-state index in [0.29, 0.717) is 49.5 Å². The first-order valence-corrected chi connectivity index (χ1v) is 51.1. The van der Waals surface area contributed by atoms with Crippen molar-refractivity contribution in [3.63, 3.8) is 0 Å². The Kier molecular flexibility index (Phi) is 45.7. The average molecular weight is 2100 g/mol. The minimum atomic E-state index is -2.97. The number of alkyl halides is 1. The van der Waals surface area contributed by atoms with Crippen molar-refractivity contribution in [2.75, 3.05) is 47.7 Å². The minimum absolute atomic E-state index is 0. The van der Waals surface area contributed by atoms with Crippen LogP contribution in [0.1, 0.15) is 79.8 Å². The molecule has 0 unspecified atom stereocenters. The van der Waals surface area contributed by atoms with E-state index in [9.17, 15) is 9.36 Å². The van der Waals surface area contributed by atoms with E-state index in [1.54, 1.807) is 6.07 Å². The zero-order chi connectivity index (χ0) is 92.9. The fraction of sp³-hybridized carbons (Fsp3) is 0.108. The molecule has 15 aromatic carbocycles. The Balaban J connectivity index is 0.000000185. The topological polar surface area (TPSA) is 130 Å². The molecular weight excluding hydrogens is 2000 g/mol. The van der Waals surface area contributed by atoms with Gasteiger partial charge in [0.25, 0.3) is 0 Å². The maximum atomic E-state index is 12.2. The summed E-state index contributed by atoms with van der Waals surface area (Å²) in [4.78, 5) is 18.8. The largest absolute Gasteiger partial charge is 1.00 e. The van der Waals surface area contributed by atoms with Crippen molar-refractivity contribution in [2.45, 2.75) is 46.1 Å². The van der Waals surface area contributed by atoms with E-state index in [1.807, 2.05) is 179 Å². The van der Waals surface area contributed by atoms with E-state index in [0.717, 1.165) is 91.9 Å². The first kappa shape index (κ1) is 105. The average Bonchev–Trinajstić information content (AvgIpc) is 1.60. The molecule has 672 valence electrons. The summed E-state index contributed by atoms with van der Waals surface area (Å²) in [7, 11) is -5.38. The predicted octanol–water partition coefficient (Wildman–Crippen LogP) is 30.8. The van der Waals surface area contributed by atoms with Crippen LogP contribution < -0.4 is 49.0 Å². The Hall–Kier alpha value is -9.87. The van der Waals surface area contributed by atoms with Crippen molar-refractivity contribution in [1.82, 2.24) is 0 Å². The van der Waals surface area contributed by atoms with Gasteiger partial charge >= 0.3 is 52.9 Å². The van der Waals surface area contributed by atoms with Gasteiger partial charge in [-0.1, -0.05) is 319 Å². The summed E-state index contributed by atoms with van der Waals surface area (Å²) in [5.74, 6) is 0. The summed E-state index contributed by atoms with van der Waals surface area (Å²) >= 11 is 16.8. The van der Waals surface area contributed by atoms with Gasteiger partial charge in [-0.25, -0.2) is 0 Å². The molecule has 17 aromatic rings. The first-order valence-electron chi connectivity index (χ1n) is 43.2. The summed E-state index contributed by atoms with van der Waals surface area (Å²) in [6.45, 7) is 12.1. The number of fused-ring (bicyclic) bond motifs is 2. The van der Waals surface area contributed by atoms with E-state index in [-0.39, 0.29) is 31.0 Å². The fourth-order valence-electron chi connectivity index (χ4n) is 13.3. The summed E-state index contributed by atoms with van der Waals surface area (Å²) in [5.41, 5.74) is 19.0. The van der Waals surface area contributed by atoms with Crippen LogP contribution >= 0.6 is 103 Å². The molecule has 2 aromatic heterocycles. The molecular formula is C111H105BBr4N3NaO9P2S2. The summed E-state index contributed by atoms with van der Waals surface area (Å²) in [6, 6.07) is 141. The van der Waals surface area contributed by atoms with Gasteiger partial charge in [-0.3, -0.25) is 9.36 Å². The standard InChI is InChI=1S/C34H25NS.C26H20BrN.C19H15NO.C11H16BrO3P.C8H7BO2S.C7H6Br2.C6H15O3P.Na.H/c1-3-10-30(11-4-1)35(31-12-5-2-6-13-31)32-23-19-27(20-24-32)16-15-26-17-21-28(22-18-26)34-25-29-9-7-8-14-33(29)36-34;27-23-17-13-21(14-18-23)11-12-22-15-19-26(20-16-22)28(24-7-3-1-4-8-24)25-9-5-2-6-10-25;21-15-16-11-13-19(14-12-16)20(17-7-3-1-4-8-17)18-9-5-2-6-10-18;1-3-14-16(13,15-4-2)9-10-5-7-11(12)8-6-10;10-9(11)8-5-6-3-1-2-4-7(6)12-8;8-5-6-1-3-7(9)4-2-6;1-4-7-10(8-5-2)9-6-3;;/h1-25H;1-20H;1-15H;5-8H,3-4,9H2,1-2H3;1-5,10-11H;1-4H,5H2;4-6H2,1-3H3;;/q;;;;;;;+1;-1/b16-15+;12-11+;;;;;;;. The summed E-state index contributed by atoms with van der Waals surface area (Å²) < 4.78 is 44.3. The van der Waals surface area contributed by atoms with Gasteiger partial charge in [0, 0.05) is 94.6 Å².